The summed E-state index contributed by atoms with van der Waals surface area (Å²) < 4.78 is 5.17. The Morgan fingerprint density at radius 1 is 1.30 bits per heavy atom. The van der Waals surface area contributed by atoms with E-state index in [1.54, 1.807) is 24.3 Å². The predicted octanol–water partition coefficient (Wildman–Crippen LogP) is 3.49. The molecule has 0 spiro atoms. The number of carbonyl (C=O) groups excluding carboxylic acids is 1. The lowest BCUT2D eigenvalue weighted by molar-refractivity contribution is 0.102. The molecule has 0 unspecified atom stereocenters. The summed E-state index contributed by atoms with van der Waals surface area (Å²) >= 11 is 6.10. The number of methoxy groups -OCH3 is 1. The number of nitrogen functional groups attached to an aromatic ring is 1. The summed E-state index contributed by atoms with van der Waals surface area (Å²) in [6, 6.07) is 10.3. The molecule has 20 heavy (non-hydrogen) atoms. The SMILES string of the molecule is COc1ccc(N)cc1C(=O)Nc1c(C)cccc1Cl. The van der Waals surface area contributed by atoms with Crippen LogP contribution in [0.5, 0.6) is 5.75 Å². The number of para-hydroxylation sites is 1. The standard InChI is InChI=1S/C15H15ClN2O2/c1-9-4-3-5-12(16)14(9)18-15(19)11-8-10(17)6-7-13(11)20-2/h3-8H,17H2,1-2H3,(H,18,19). The minimum Gasteiger partial charge on any atom is -0.496 e. The lowest BCUT2D eigenvalue weighted by Crippen LogP contribution is -2.14. The number of rotatable bonds is 3. The fourth-order valence-corrected chi connectivity index (χ4v) is 2.14. The van der Waals surface area contributed by atoms with Crippen molar-refractivity contribution in [3.63, 3.8) is 0 Å². The summed E-state index contributed by atoms with van der Waals surface area (Å²) in [5, 5.41) is 3.28. The number of halogens is 1. The molecule has 0 aliphatic heterocycles. The molecule has 0 radical (unpaired) electrons. The highest BCUT2D eigenvalue weighted by Crippen LogP contribution is 2.28. The number of benzene rings is 2. The number of anilines is 2. The molecule has 1 amide bonds. The molecule has 0 saturated carbocycles. The van der Waals surface area contributed by atoms with E-state index in [2.05, 4.69) is 5.32 Å². The number of ether oxygens (including phenoxy) is 1. The van der Waals surface area contributed by atoms with Gasteiger partial charge in [-0.3, -0.25) is 4.79 Å². The number of nitrogens with one attached hydrogen (secondary N) is 1. The summed E-state index contributed by atoms with van der Waals surface area (Å²) in [5.74, 6) is 0.145. The zero-order chi connectivity index (χ0) is 14.7. The molecule has 0 bridgehead atoms. The molecule has 0 atom stereocenters. The van der Waals surface area contributed by atoms with Crippen LogP contribution in [0.1, 0.15) is 15.9 Å². The topological polar surface area (TPSA) is 64.3 Å². The van der Waals surface area contributed by atoms with Crippen LogP contribution in [-0.2, 0) is 0 Å². The van der Waals surface area contributed by atoms with Crippen LogP contribution in [0.2, 0.25) is 5.02 Å². The molecule has 0 aromatic heterocycles. The average molecular weight is 291 g/mol. The van der Waals surface area contributed by atoms with Crippen LogP contribution in [-0.4, -0.2) is 13.0 Å². The van der Waals surface area contributed by atoms with Crippen molar-refractivity contribution in [1.82, 2.24) is 0 Å². The number of amides is 1. The van der Waals surface area contributed by atoms with Gasteiger partial charge >= 0.3 is 0 Å². The van der Waals surface area contributed by atoms with Crippen LogP contribution in [0.4, 0.5) is 11.4 Å². The van der Waals surface area contributed by atoms with Gasteiger partial charge in [-0.15, -0.1) is 0 Å². The summed E-state index contributed by atoms with van der Waals surface area (Å²) in [6.45, 7) is 1.87. The fourth-order valence-electron chi connectivity index (χ4n) is 1.87. The lowest BCUT2D eigenvalue weighted by Gasteiger charge is -2.12. The van der Waals surface area contributed by atoms with Gasteiger partial charge in [0.25, 0.3) is 5.91 Å². The molecule has 104 valence electrons. The van der Waals surface area contributed by atoms with Crippen molar-refractivity contribution in [2.75, 3.05) is 18.2 Å². The minimum absolute atomic E-state index is 0.314. The molecule has 2 rings (SSSR count). The van der Waals surface area contributed by atoms with E-state index in [1.807, 2.05) is 19.1 Å². The first-order chi connectivity index (χ1) is 9.52. The van der Waals surface area contributed by atoms with Gasteiger partial charge in [0.15, 0.2) is 0 Å². The van der Waals surface area contributed by atoms with E-state index in [1.165, 1.54) is 7.11 Å². The predicted molar refractivity (Wildman–Crippen MR) is 81.5 cm³/mol. The molecular formula is C15H15ClN2O2. The van der Waals surface area contributed by atoms with Crippen LogP contribution in [0.3, 0.4) is 0 Å². The fraction of sp³-hybridized carbons (Fsp3) is 0.133. The van der Waals surface area contributed by atoms with Crippen molar-refractivity contribution in [1.29, 1.82) is 0 Å². The normalized spacial score (nSPS) is 10.2. The van der Waals surface area contributed by atoms with Crippen molar-refractivity contribution in [2.45, 2.75) is 6.92 Å². The van der Waals surface area contributed by atoms with Gasteiger partial charge in [0.1, 0.15) is 5.75 Å². The molecule has 0 fully saturated rings. The molecule has 0 aliphatic rings. The van der Waals surface area contributed by atoms with Gasteiger partial charge in [-0.1, -0.05) is 23.7 Å². The van der Waals surface area contributed by atoms with Crippen LogP contribution in [0.15, 0.2) is 36.4 Å². The lowest BCUT2D eigenvalue weighted by atomic mass is 10.1. The van der Waals surface area contributed by atoms with E-state index < -0.39 is 0 Å². The zero-order valence-corrected chi connectivity index (χ0v) is 12.0. The molecule has 2 aromatic carbocycles. The van der Waals surface area contributed by atoms with E-state index >= 15 is 0 Å². The monoisotopic (exact) mass is 290 g/mol. The van der Waals surface area contributed by atoms with Gasteiger partial charge in [0.05, 0.1) is 23.4 Å². The summed E-state index contributed by atoms with van der Waals surface area (Å²) in [6.07, 6.45) is 0. The molecule has 0 saturated heterocycles. The van der Waals surface area contributed by atoms with Gasteiger partial charge < -0.3 is 15.8 Å². The van der Waals surface area contributed by atoms with Crippen molar-refractivity contribution in [2.24, 2.45) is 0 Å². The maximum atomic E-state index is 12.3. The van der Waals surface area contributed by atoms with E-state index in [9.17, 15) is 4.79 Å². The van der Waals surface area contributed by atoms with Gasteiger partial charge in [-0.05, 0) is 36.8 Å². The van der Waals surface area contributed by atoms with E-state index in [4.69, 9.17) is 22.1 Å². The van der Waals surface area contributed by atoms with Crippen LogP contribution >= 0.6 is 11.6 Å². The largest absolute Gasteiger partial charge is 0.496 e. The molecular weight excluding hydrogens is 276 g/mol. The Balaban J connectivity index is 2.35. The summed E-state index contributed by atoms with van der Waals surface area (Å²) in [5.41, 5.74) is 8.04. The Morgan fingerprint density at radius 2 is 2.05 bits per heavy atom. The average Bonchev–Trinajstić information content (AvgIpc) is 2.43. The molecule has 0 heterocycles. The Hall–Kier alpha value is -2.20. The van der Waals surface area contributed by atoms with Crippen LogP contribution in [0.25, 0.3) is 0 Å². The third kappa shape index (κ3) is 2.86. The number of nitrogens with two attached hydrogens (primary N) is 1. The Labute approximate surface area is 122 Å². The van der Waals surface area contributed by atoms with Gasteiger partial charge in [-0.25, -0.2) is 0 Å². The van der Waals surface area contributed by atoms with Crippen molar-refractivity contribution < 1.29 is 9.53 Å². The quantitative estimate of drug-likeness (QED) is 0.851. The smallest absolute Gasteiger partial charge is 0.259 e. The zero-order valence-electron chi connectivity index (χ0n) is 11.2. The number of aryl methyl sites for hydroxylation is 1. The highest BCUT2D eigenvalue weighted by atomic mass is 35.5. The number of hydrogen-bond acceptors (Lipinski definition) is 3. The molecule has 0 aliphatic carbocycles. The van der Waals surface area contributed by atoms with Crippen LogP contribution < -0.4 is 15.8 Å². The molecule has 5 heteroatoms. The van der Waals surface area contributed by atoms with Crippen LogP contribution in [0, 0.1) is 6.92 Å². The first-order valence-electron chi connectivity index (χ1n) is 6.03. The van der Waals surface area contributed by atoms with E-state index in [0.29, 0.717) is 27.7 Å². The van der Waals surface area contributed by atoms with Gasteiger partial charge in [-0.2, -0.15) is 0 Å². The first-order valence-corrected chi connectivity index (χ1v) is 6.40. The second-order valence-electron chi connectivity index (χ2n) is 4.35. The maximum absolute atomic E-state index is 12.3. The van der Waals surface area contributed by atoms with Crippen molar-refractivity contribution in [3.05, 3.63) is 52.5 Å². The second kappa shape index (κ2) is 5.84. The summed E-state index contributed by atoms with van der Waals surface area (Å²) in [7, 11) is 1.50. The van der Waals surface area contributed by atoms with Gasteiger partial charge in [0, 0.05) is 5.69 Å². The Bertz CT molecular complexity index is 636. The Morgan fingerprint density at radius 3 is 2.70 bits per heavy atom. The second-order valence-corrected chi connectivity index (χ2v) is 4.75. The minimum atomic E-state index is -0.314. The highest BCUT2D eigenvalue weighted by molar-refractivity contribution is 6.34. The van der Waals surface area contributed by atoms with Gasteiger partial charge in [0.2, 0.25) is 0 Å². The highest BCUT2D eigenvalue weighted by Gasteiger charge is 2.15. The third-order valence-corrected chi connectivity index (χ3v) is 3.24. The molecule has 4 nitrogen and oxygen atoms in total. The maximum Gasteiger partial charge on any atom is 0.259 e. The number of carbonyl (C=O) groups is 1. The Kier molecular flexibility index (Phi) is 4.15. The number of hydrogen-bond donors (Lipinski definition) is 2. The third-order valence-electron chi connectivity index (χ3n) is 2.93. The van der Waals surface area contributed by atoms with Crippen molar-refractivity contribution >= 4 is 28.9 Å². The molecule has 2 aromatic rings. The van der Waals surface area contributed by atoms with E-state index in [-0.39, 0.29) is 5.91 Å². The molecule has 3 N–H and O–H groups in total. The van der Waals surface area contributed by atoms with E-state index in [0.717, 1.165) is 5.56 Å². The summed E-state index contributed by atoms with van der Waals surface area (Å²) in [4.78, 5) is 12.3. The van der Waals surface area contributed by atoms with Crippen molar-refractivity contribution in [3.8, 4) is 5.75 Å². The first kappa shape index (κ1) is 14.2.